The van der Waals surface area contributed by atoms with Crippen LogP contribution >= 0.6 is 34.4 Å². The third-order valence-corrected chi connectivity index (χ3v) is 6.85. The van der Waals surface area contributed by atoms with Gasteiger partial charge in [0.05, 0.1) is 10.2 Å². The van der Waals surface area contributed by atoms with Crippen LogP contribution in [0.3, 0.4) is 0 Å². The van der Waals surface area contributed by atoms with Gasteiger partial charge in [0, 0.05) is 11.8 Å². The maximum atomic E-state index is 12.1. The Kier molecular flexibility index (Phi) is 5.80. The lowest BCUT2D eigenvalue weighted by molar-refractivity contribution is -0.111. The Bertz CT molecular complexity index is 1100. The number of para-hydroxylation sites is 1. The monoisotopic (exact) mass is 424 g/mol. The van der Waals surface area contributed by atoms with Gasteiger partial charge in [0.2, 0.25) is 11.0 Å². The number of aryl methyl sites for hydroxylation is 1. The molecule has 2 aromatic heterocycles. The van der Waals surface area contributed by atoms with E-state index in [1.165, 1.54) is 28.5 Å². The molecule has 4 rings (SSSR count). The Morgan fingerprint density at radius 1 is 1.11 bits per heavy atom. The second-order valence-electron chi connectivity index (χ2n) is 5.99. The van der Waals surface area contributed by atoms with Gasteiger partial charge in [0.25, 0.3) is 0 Å². The number of carbonyl (C=O) groups excluding carboxylic acids is 1. The molecule has 0 saturated heterocycles. The third-order valence-electron chi connectivity index (χ3n) is 3.81. The minimum absolute atomic E-state index is 0.245. The van der Waals surface area contributed by atoms with Crippen LogP contribution in [0, 0.1) is 6.92 Å². The van der Waals surface area contributed by atoms with Gasteiger partial charge in [0.15, 0.2) is 4.34 Å². The topological polar surface area (TPSA) is 67.8 Å². The molecule has 0 fully saturated rings. The van der Waals surface area contributed by atoms with Gasteiger partial charge in [0.1, 0.15) is 5.01 Å². The highest BCUT2D eigenvalue weighted by Crippen LogP contribution is 2.28. The Hall–Kier alpha value is -2.55. The summed E-state index contributed by atoms with van der Waals surface area (Å²) in [5.74, 6) is 0.575. The van der Waals surface area contributed by atoms with Gasteiger partial charge < -0.3 is 0 Å². The van der Waals surface area contributed by atoms with Gasteiger partial charge in [-0.3, -0.25) is 10.1 Å². The summed E-state index contributed by atoms with van der Waals surface area (Å²) in [5, 5.41) is 12.2. The second kappa shape index (κ2) is 8.64. The van der Waals surface area contributed by atoms with E-state index in [1.54, 1.807) is 29.2 Å². The van der Waals surface area contributed by atoms with Gasteiger partial charge in [-0.2, -0.15) is 0 Å². The van der Waals surface area contributed by atoms with Crippen molar-refractivity contribution in [3.05, 3.63) is 70.7 Å². The Morgan fingerprint density at radius 2 is 1.93 bits per heavy atom. The zero-order valence-corrected chi connectivity index (χ0v) is 17.4. The molecule has 1 N–H and O–H groups in total. The molecule has 0 spiro atoms. The summed E-state index contributed by atoms with van der Waals surface area (Å²) in [4.78, 5) is 16.6. The highest BCUT2D eigenvalue weighted by atomic mass is 32.2. The molecule has 28 heavy (non-hydrogen) atoms. The summed E-state index contributed by atoms with van der Waals surface area (Å²) < 4.78 is 1.92. The molecule has 5 nitrogen and oxygen atoms in total. The van der Waals surface area contributed by atoms with E-state index in [4.69, 9.17) is 0 Å². The van der Waals surface area contributed by atoms with Crippen LogP contribution in [0.2, 0.25) is 0 Å². The maximum absolute atomic E-state index is 12.1. The lowest BCUT2D eigenvalue weighted by atomic mass is 10.2. The number of nitrogens with one attached hydrogen (secondary N) is 1. The molecule has 0 aliphatic rings. The first kappa shape index (κ1) is 18.8. The quantitative estimate of drug-likeness (QED) is 0.255. The van der Waals surface area contributed by atoms with Gasteiger partial charge in [-0.15, -0.1) is 21.5 Å². The summed E-state index contributed by atoms with van der Waals surface area (Å²) >= 11 is 4.53. The number of benzene rings is 2. The molecule has 2 heterocycles. The van der Waals surface area contributed by atoms with Crippen molar-refractivity contribution >= 4 is 61.8 Å². The zero-order valence-electron chi connectivity index (χ0n) is 15.0. The number of carbonyl (C=O) groups is 1. The highest BCUT2D eigenvalue weighted by Gasteiger charge is 2.08. The van der Waals surface area contributed by atoms with Crippen molar-refractivity contribution in [1.29, 1.82) is 0 Å². The van der Waals surface area contributed by atoms with E-state index >= 15 is 0 Å². The van der Waals surface area contributed by atoms with Crippen LogP contribution in [-0.4, -0.2) is 21.1 Å². The lowest BCUT2D eigenvalue weighted by Gasteiger charge is -1.99. The molecule has 0 unspecified atom stereocenters. The normalized spacial score (nSPS) is 11.3. The van der Waals surface area contributed by atoms with Crippen molar-refractivity contribution in [3.8, 4) is 0 Å². The minimum atomic E-state index is -0.245. The summed E-state index contributed by atoms with van der Waals surface area (Å²) in [5.41, 5.74) is 3.41. The number of fused-ring (bicyclic) bond motifs is 1. The molecule has 4 aromatic rings. The van der Waals surface area contributed by atoms with Crippen LogP contribution in [0.15, 0.2) is 58.9 Å². The molecule has 2 aromatic carbocycles. The average Bonchev–Trinajstić information content (AvgIpc) is 3.32. The molecule has 0 aliphatic carbocycles. The fourth-order valence-electron chi connectivity index (χ4n) is 2.40. The summed E-state index contributed by atoms with van der Waals surface area (Å²) in [7, 11) is 0. The van der Waals surface area contributed by atoms with Crippen LogP contribution in [0.1, 0.15) is 16.1 Å². The number of anilines is 1. The van der Waals surface area contributed by atoms with Gasteiger partial charge in [-0.05, 0) is 30.7 Å². The summed E-state index contributed by atoms with van der Waals surface area (Å²) in [6, 6.07) is 16.3. The van der Waals surface area contributed by atoms with E-state index in [-0.39, 0.29) is 5.91 Å². The Morgan fingerprint density at radius 3 is 2.75 bits per heavy atom. The molecular formula is C20H16N4OS3. The number of hydrogen-bond donors (Lipinski definition) is 1. The average molecular weight is 425 g/mol. The first-order valence-corrected chi connectivity index (χ1v) is 11.1. The number of nitrogens with zero attached hydrogens (tertiary/aromatic N) is 3. The summed E-state index contributed by atoms with van der Waals surface area (Å²) in [6.45, 7) is 2.07. The molecule has 0 aliphatic heterocycles. The van der Waals surface area contributed by atoms with Crippen molar-refractivity contribution in [3.63, 3.8) is 0 Å². The molecular weight excluding hydrogens is 408 g/mol. The van der Waals surface area contributed by atoms with Crippen LogP contribution in [0.4, 0.5) is 5.13 Å². The number of thioether (sulfide) groups is 1. The molecule has 0 saturated carbocycles. The van der Waals surface area contributed by atoms with E-state index in [2.05, 4.69) is 51.7 Å². The van der Waals surface area contributed by atoms with Gasteiger partial charge >= 0.3 is 0 Å². The first-order valence-electron chi connectivity index (χ1n) is 8.52. The number of thiazole rings is 1. The van der Waals surface area contributed by atoms with Crippen molar-refractivity contribution in [2.75, 3.05) is 5.32 Å². The fraction of sp³-hybridized carbons (Fsp3) is 0.100. The molecule has 140 valence electrons. The first-order chi connectivity index (χ1) is 13.7. The smallest absolute Gasteiger partial charge is 0.250 e. The number of amides is 1. The second-order valence-corrected chi connectivity index (χ2v) is 9.25. The van der Waals surface area contributed by atoms with Crippen LogP contribution in [-0.2, 0) is 10.5 Å². The predicted octanol–water partition coefficient (Wildman–Crippen LogP) is 5.40. The molecule has 0 atom stereocenters. The highest BCUT2D eigenvalue weighted by molar-refractivity contribution is 8.00. The van der Waals surface area contributed by atoms with E-state index in [9.17, 15) is 4.79 Å². The van der Waals surface area contributed by atoms with E-state index in [0.717, 1.165) is 25.3 Å². The fourth-order valence-corrected chi connectivity index (χ4v) is 4.98. The van der Waals surface area contributed by atoms with Crippen molar-refractivity contribution in [1.82, 2.24) is 15.2 Å². The number of rotatable bonds is 6. The third kappa shape index (κ3) is 4.83. The van der Waals surface area contributed by atoms with E-state index in [1.807, 2.05) is 24.3 Å². The number of hydrogen-bond acceptors (Lipinski definition) is 7. The van der Waals surface area contributed by atoms with Gasteiger partial charge in [-0.25, -0.2) is 4.98 Å². The van der Waals surface area contributed by atoms with Crippen molar-refractivity contribution < 1.29 is 4.79 Å². The predicted molar refractivity (Wildman–Crippen MR) is 118 cm³/mol. The molecule has 1 amide bonds. The van der Waals surface area contributed by atoms with Gasteiger partial charge in [-0.1, -0.05) is 65.1 Å². The summed E-state index contributed by atoms with van der Waals surface area (Å²) in [6.07, 6.45) is 3.19. The zero-order chi connectivity index (χ0) is 19.3. The van der Waals surface area contributed by atoms with E-state index in [0.29, 0.717) is 5.13 Å². The van der Waals surface area contributed by atoms with Crippen molar-refractivity contribution in [2.24, 2.45) is 0 Å². The molecule has 0 bridgehead atoms. The van der Waals surface area contributed by atoms with Crippen LogP contribution in [0.25, 0.3) is 16.3 Å². The van der Waals surface area contributed by atoms with Crippen molar-refractivity contribution in [2.45, 2.75) is 17.0 Å². The minimum Gasteiger partial charge on any atom is -0.297 e. The van der Waals surface area contributed by atoms with E-state index < -0.39 is 0 Å². The Labute approximate surface area is 174 Å². The molecule has 0 radical (unpaired) electrons. The molecule has 8 heteroatoms. The lowest BCUT2D eigenvalue weighted by Crippen LogP contribution is -2.07. The SMILES string of the molecule is Cc1ccc(CSc2nnc(NC(=O)/C=C/c3nc4ccccc4s3)s2)cc1. The van der Waals surface area contributed by atoms with Crippen LogP contribution < -0.4 is 5.32 Å². The maximum Gasteiger partial charge on any atom is 0.250 e. The largest absolute Gasteiger partial charge is 0.297 e. The van der Waals surface area contributed by atoms with Crippen LogP contribution in [0.5, 0.6) is 0 Å². The Balaban J connectivity index is 1.32. The standard InChI is InChI=1S/C20H16N4OS3/c1-13-6-8-14(9-7-13)12-26-20-24-23-19(28-20)22-17(25)10-11-18-21-15-4-2-3-5-16(15)27-18/h2-11H,12H2,1H3,(H,22,23,25)/b11-10+. The number of aromatic nitrogens is 3.